The predicted molar refractivity (Wildman–Crippen MR) is 117 cm³/mol. The molecule has 2 amide bonds. The fourth-order valence-electron chi connectivity index (χ4n) is 3.07. The number of rotatable bonds is 8. The smallest absolute Gasteiger partial charge is 0.253 e. The molecule has 3 rings (SSSR count). The summed E-state index contributed by atoms with van der Waals surface area (Å²) in [6, 6.07) is 17.0. The first-order valence-electron chi connectivity index (χ1n) is 9.35. The van der Waals surface area contributed by atoms with E-state index in [0.717, 1.165) is 5.75 Å². The molecule has 150 valence electrons. The minimum absolute atomic E-state index is 0.134. The summed E-state index contributed by atoms with van der Waals surface area (Å²) in [6.07, 6.45) is 1.56. The second kappa shape index (κ2) is 9.98. The normalized spacial score (nSPS) is 10.6. The van der Waals surface area contributed by atoms with E-state index < -0.39 is 0 Å². The van der Waals surface area contributed by atoms with Gasteiger partial charge in [0.15, 0.2) is 0 Å². The molecule has 0 saturated heterocycles. The Kier molecular flexibility index (Phi) is 7.14. The van der Waals surface area contributed by atoms with Crippen LogP contribution in [-0.4, -0.2) is 17.6 Å². The average Bonchev–Trinajstić information content (AvgIpc) is 3.19. The SMILES string of the molecule is Cc1cc(C)cc(CSCC(=O)Nc2ccccc2C(=O)NCc2ccco2)c1. The lowest BCUT2D eigenvalue weighted by atomic mass is 10.1. The Labute approximate surface area is 174 Å². The lowest BCUT2D eigenvalue weighted by molar-refractivity contribution is -0.113. The first kappa shape index (κ1) is 20.7. The summed E-state index contributed by atoms with van der Waals surface area (Å²) in [5, 5.41) is 5.65. The van der Waals surface area contributed by atoms with Crippen LogP contribution in [0.4, 0.5) is 5.69 Å². The molecule has 2 N–H and O–H groups in total. The highest BCUT2D eigenvalue weighted by atomic mass is 32.2. The maximum atomic E-state index is 12.5. The Morgan fingerprint density at radius 2 is 1.76 bits per heavy atom. The van der Waals surface area contributed by atoms with Crippen LogP contribution in [-0.2, 0) is 17.1 Å². The summed E-state index contributed by atoms with van der Waals surface area (Å²) >= 11 is 1.55. The van der Waals surface area contributed by atoms with Gasteiger partial charge in [-0.05, 0) is 43.7 Å². The summed E-state index contributed by atoms with van der Waals surface area (Å²) < 4.78 is 5.22. The van der Waals surface area contributed by atoms with Crippen molar-refractivity contribution < 1.29 is 14.0 Å². The minimum Gasteiger partial charge on any atom is -0.467 e. The summed E-state index contributed by atoms with van der Waals surface area (Å²) in [6.45, 7) is 4.43. The monoisotopic (exact) mass is 408 g/mol. The molecule has 2 aromatic carbocycles. The molecule has 0 aliphatic rings. The van der Waals surface area contributed by atoms with Crippen molar-refractivity contribution in [3.05, 3.63) is 88.9 Å². The number of furan rings is 1. The van der Waals surface area contributed by atoms with Crippen LogP contribution in [0.2, 0.25) is 0 Å². The van der Waals surface area contributed by atoms with Crippen LogP contribution in [0.25, 0.3) is 0 Å². The van der Waals surface area contributed by atoms with Crippen LogP contribution in [0.15, 0.2) is 65.3 Å². The zero-order valence-corrected chi connectivity index (χ0v) is 17.3. The largest absolute Gasteiger partial charge is 0.467 e. The number of para-hydroxylation sites is 1. The van der Waals surface area contributed by atoms with Crippen LogP contribution >= 0.6 is 11.8 Å². The Balaban J connectivity index is 1.54. The fraction of sp³-hybridized carbons (Fsp3) is 0.217. The van der Waals surface area contributed by atoms with Crippen LogP contribution < -0.4 is 10.6 Å². The lowest BCUT2D eigenvalue weighted by Gasteiger charge is -2.11. The van der Waals surface area contributed by atoms with Gasteiger partial charge in [0, 0.05) is 5.75 Å². The molecular weight excluding hydrogens is 384 g/mol. The van der Waals surface area contributed by atoms with Crippen molar-refractivity contribution in [2.45, 2.75) is 26.1 Å². The summed E-state index contributed by atoms with van der Waals surface area (Å²) in [5.41, 5.74) is 4.57. The van der Waals surface area contributed by atoms with Gasteiger partial charge in [-0.25, -0.2) is 0 Å². The number of anilines is 1. The molecule has 0 saturated carbocycles. The number of carbonyl (C=O) groups is 2. The molecule has 0 fully saturated rings. The third-order valence-corrected chi connectivity index (χ3v) is 5.24. The highest BCUT2D eigenvalue weighted by Crippen LogP contribution is 2.18. The third kappa shape index (κ3) is 6.26. The number of amides is 2. The molecule has 0 bridgehead atoms. The molecule has 1 heterocycles. The standard InChI is InChI=1S/C23H24N2O3S/c1-16-10-17(2)12-18(11-16)14-29-15-22(26)25-21-8-4-3-7-20(21)23(27)24-13-19-6-5-9-28-19/h3-12H,13-15H2,1-2H3,(H,24,27)(H,25,26). The number of hydrogen-bond acceptors (Lipinski definition) is 4. The molecule has 6 heteroatoms. The highest BCUT2D eigenvalue weighted by molar-refractivity contribution is 7.99. The molecule has 29 heavy (non-hydrogen) atoms. The molecule has 0 aliphatic heterocycles. The van der Waals surface area contributed by atoms with Gasteiger partial charge in [0.25, 0.3) is 5.91 Å². The number of benzene rings is 2. The molecular formula is C23H24N2O3S. The van der Waals surface area contributed by atoms with Crippen LogP contribution in [0.1, 0.15) is 32.8 Å². The van der Waals surface area contributed by atoms with Crippen LogP contribution in [0.5, 0.6) is 0 Å². The van der Waals surface area contributed by atoms with Gasteiger partial charge in [0.05, 0.1) is 29.8 Å². The van der Waals surface area contributed by atoms with Crippen molar-refractivity contribution in [1.82, 2.24) is 5.32 Å². The quantitative estimate of drug-likeness (QED) is 0.567. The Bertz CT molecular complexity index is 963. The maximum absolute atomic E-state index is 12.5. The highest BCUT2D eigenvalue weighted by Gasteiger charge is 2.13. The van der Waals surface area contributed by atoms with E-state index in [0.29, 0.717) is 29.3 Å². The van der Waals surface area contributed by atoms with E-state index in [1.807, 2.05) is 0 Å². The maximum Gasteiger partial charge on any atom is 0.253 e. The van der Waals surface area contributed by atoms with E-state index in [4.69, 9.17) is 4.42 Å². The molecule has 0 unspecified atom stereocenters. The lowest BCUT2D eigenvalue weighted by Crippen LogP contribution is -2.25. The van der Waals surface area contributed by atoms with E-state index in [9.17, 15) is 9.59 Å². The van der Waals surface area contributed by atoms with Crippen molar-refractivity contribution in [1.29, 1.82) is 0 Å². The molecule has 0 spiro atoms. The zero-order valence-electron chi connectivity index (χ0n) is 16.5. The number of carbonyl (C=O) groups excluding carboxylic acids is 2. The summed E-state index contributed by atoms with van der Waals surface area (Å²) in [7, 11) is 0. The first-order valence-corrected chi connectivity index (χ1v) is 10.5. The molecule has 5 nitrogen and oxygen atoms in total. The Morgan fingerprint density at radius 1 is 1.00 bits per heavy atom. The van der Waals surface area contributed by atoms with Gasteiger partial charge in [-0.3, -0.25) is 9.59 Å². The molecule has 0 aliphatic carbocycles. The number of thioether (sulfide) groups is 1. The molecule has 1 aromatic heterocycles. The Morgan fingerprint density at radius 3 is 2.48 bits per heavy atom. The predicted octanol–water partition coefficient (Wildman–Crippen LogP) is 4.70. The van der Waals surface area contributed by atoms with Crippen LogP contribution in [0.3, 0.4) is 0 Å². The second-order valence-electron chi connectivity index (χ2n) is 6.84. The van der Waals surface area contributed by atoms with Gasteiger partial charge in [-0.2, -0.15) is 0 Å². The van der Waals surface area contributed by atoms with Crippen molar-refractivity contribution >= 4 is 29.3 Å². The van der Waals surface area contributed by atoms with Gasteiger partial charge >= 0.3 is 0 Å². The van der Waals surface area contributed by atoms with Gasteiger partial charge in [0.1, 0.15) is 5.76 Å². The molecule has 3 aromatic rings. The third-order valence-electron chi connectivity index (χ3n) is 4.23. The summed E-state index contributed by atoms with van der Waals surface area (Å²) in [5.74, 6) is 1.35. The zero-order chi connectivity index (χ0) is 20.6. The van der Waals surface area contributed by atoms with E-state index >= 15 is 0 Å². The average molecular weight is 409 g/mol. The van der Waals surface area contributed by atoms with Crippen molar-refractivity contribution in [2.24, 2.45) is 0 Å². The van der Waals surface area contributed by atoms with E-state index in [2.05, 4.69) is 42.7 Å². The molecule has 0 radical (unpaired) electrons. The topological polar surface area (TPSA) is 71.3 Å². The van der Waals surface area contributed by atoms with Gasteiger partial charge in [0.2, 0.25) is 5.91 Å². The van der Waals surface area contributed by atoms with Crippen molar-refractivity contribution in [2.75, 3.05) is 11.1 Å². The minimum atomic E-state index is -0.264. The second-order valence-corrected chi connectivity index (χ2v) is 7.83. The summed E-state index contributed by atoms with van der Waals surface area (Å²) in [4.78, 5) is 24.9. The van der Waals surface area contributed by atoms with Crippen molar-refractivity contribution in [3.8, 4) is 0 Å². The van der Waals surface area contributed by atoms with E-state index in [-0.39, 0.29) is 11.8 Å². The van der Waals surface area contributed by atoms with E-state index in [1.165, 1.54) is 16.7 Å². The van der Waals surface area contributed by atoms with Crippen LogP contribution in [0, 0.1) is 13.8 Å². The fourth-order valence-corrected chi connectivity index (χ4v) is 3.83. The van der Waals surface area contributed by atoms with E-state index in [1.54, 1.807) is 54.4 Å². The number of nitrogens with one attached hydrogen (secondary N) is 2. The molecule has 0 atom stereocenters. The van der Waals surface area contributed by atoms with Gasteiger partial charge in [-0.15, -0.1) is 11.8 Å². The first-order chi connectivity index (χ1) is 14.0. The Hall–Kier alpha value is -2.99. The number of aryl methyl sites for hydroxylation is 2. The number of hydrogen-bond donors (Lipinski definition) is 2. The van der Waals surface area contributed by atoms with Gasteiger partial charge < -0.3 is 15.1 Å². The van der Waals surface area contributed by atoms with Gasteiger partial charge in [-0.1, -0.05) is 41.5 Å². The van der Waals surface area contributed by atoms with Crippen molar-refractivity contribution in [3.63, 3.8) is 0 Å².